The number of carbonyl (C=O) groups is 3. The number of nitrogens with one attached hydrogen (secondary N) is 3. The van der Waals surface area contributed by atoms with Crippen LogP contribution < -0.4 is 20.7 Å². The number of amides is 3. The fraction of sp³-hybridized carbons (Fsp3) is 0.346. The smallest absolute Gasteiger partial charge is 0.273 e. The summed E-state index contributed by atoms with van der Waals surface area (Å²) in [6, 6.07) is 6.47. The van der Waals surface area contributed by atoms with Crippen molar-refractivity contribution >= 4 is 34.9 Å². The number of rotatable bonds is 10. The van der Waals surface area contributed by atoms with Crippen molar-refractivity contribution in [3.05, 3.63) is 47.9 Å². The van der Waals surface area contributed by atoms with Crippen molar-refractivity contribution in [1.29, 1.82) is 0 Å². The van der Waals surface area contributed by atoms with Crippen LogP contribution in [0, 0.1) is 5.92 Å². The van der Waals surface area contributed by atoms with E-state index in [9.17, 15) is 14.4 Å². The molecular weight excluding hydrogens is 488 g/mol. The van der Waals surface area contributed by atoms with E-state index in [0.29, 0.717) is 35.7 Å². The minimum atomic E-state index is -2.76. The number of hydrogen-bond acceptors (Lipinski definition) is 9. The summed E-state index contributed by atoms with van der Waals surface area (Å²) in [6.07, 6.45) is 4.45. The molecule has 3 aromatic rings. The van der Waals surface area contributed by atoms with Crippen molar-refractivity contribution in [3.63, 3.8) is 0 Å². The van der Waals surface area contributed by atoms with Crippen molar-refractivity contribution in [1.82, 2.24) is 30.4 Å². The number of aromatic nitrogens is 4. The molecule has 4 rings (SSSR count). The summed E-state index contributed by atoms with van der Waals surface area (Å²) in [5, 5.41) is 15.4. The molecule has 0 atom stereocenters. The number of benzene rings is 1. The monoisotopic (exact) mass is 521 g/mol. The molecule has 1 saturated carbocycles. The van der Waals surface area contributed by atoms with E-state index in [0.717, 1.165) is 12.8 Å². The average Bonchev–Trinajstić information content (AvgIpc) is 3.79. The summed E-state index contributed by atoms with van der Waals surface area (Å²) in [6.45, 7) is 2.13. The highest BCUT2D eigenvalue weighted by molar-refractivity contribution is 6.00. The van der Waals surface area contributed by atoms with Crippen LogP contribution in [0.1, 0.15) is 51.6 Å². The Morgan fingerprint density at radius 3 is 2.47 bits per heavy atom. The first-order chi connectivity index (χ1) is 19.5. The van der Waals surface area contributed by atoms with Gasteiger partial charge in [-0.1, -0.05) is 6.07 Å². The fourth-order valence-electron chi connectivity index (χ4n) is 3.80. The van der Waals surface area contributed by atoms with Gasteiger partial charge in [-0.05, 0) is 38.8 Å². The summed E-state index contributed by atoms with van der Waals surface area (Å²) in [5.74, 6) is -0.817. The van der Waals surface area contributed by atoms with Crippen LogP contribution in [-0.2, 0) is 4.79 Å². The molecule has 3 N–H and O–H groups in total. The van der Waals surface area contributed by atoms with Crippen LogP contribution >= 0.6 is 0 Å². The molecule has 2 heterocycles. The van der Waals surface area contributed by atoms with E-state index in [1.54, 1.807) is 23.1 Å². The summed E-state index contributed by atoms with van der Waals surface area (Å²) in [4.78, 5) is 48.1. The van der Waals surface area contributed by atoms with E-state index in [1.165, 1.54) is 25.6 Å². The van der Waals surface area contributed by atoms with E-state index < -0.39 is 12.9 Å². The molecule has 1 fully saturated rings. The van der Waals surface area contributed by atoms with Gasteiger partial charge < -0.3 is 25.6 Å². The quantitative estimate of drug-likeness (QED) is 0.366. The molecule has 0 spiro atoms. The van der Waals surface area contributed by atoms with Gasteiger partial charge in [0.25, 0.3) is 11.8 Å². The number of anilines is 3. The maximum Gasteiger partial charge on any atom is 0.273 e. The zero-order valence-electron chi connectivity index (χ0n) is 24.2. The first-order valence-electron chi connectivity index (χ1n) is 13.6. The third-order valence-electron chi connectivity index (χ3n) is 6.00. The van der Waals surface area contributed by atoms with Gasteiger partial charge in [0.05, 0.1) is 29.6 Å². The first-order valence-corrected chi connectivity index (χ1v) is 12.1. The van der Waals surface area contributed by atoms with Gasteiger partial charge in [0.1, 0.15) is 0 Å². The predicted octanol–water partition coefficient (Wildman–Crippen LogP) is 2.88. The van der Waals surface area contributed by atoms with Crippen molar-refractivity contribution in [2.24, 2.45) is 5.92 Å². The van der Waals surface area contributed by atoms with Crippen LogP contribution in [0.15, 0.2) is 36.7 Å². The highest BCUT2D eigenvalue weighted by atomic mass is 16.5. The minimum absolute atomic E-state index is 0.0735. The molecule has 0 bridgehead atoms. The van der Waals surface area contributed by atoms with Gasteiger partial charge in [-0.2, -0.15) is 0 Å². The molecule has 0 aliphatic heterocycles. The number of para-hydroxylation sites is 1. The largest absolute Gasteiger partial charge is 0.494 e. The summed E-state index contributed by atoms with van der Waals surface area (Å²) >= 11 is 0. The van der Waals surface area contributed by atoms with E-state index in [-0.39, 0.29) is 40.8 Å². The third kappa shape index (κ3) is 5.69. The summed E-state index contributed by atoms with van der Waals surface area (Å²) in [5.41, 5.74) is 0.960. The lowest BCUT2D eigenvalue weighted by Gasteiger charge is -2.18. The van der Waals surface area contributed by atoms with Gasteiger partial charge in [-0.25, -0.2) is 9.97 Å². The standard InChI is InChI=1S/C26H30N8O4/c1-5-34(6-2)26(37)16-13-28-23(29-14-16)17-8-7-9-18(22(17)38-4)30-19-12-20(31-24(35)15-10-11-15)32-33-21(19)25(36)27-3/h7-9,12-15H,5-6,10-11H2,1-4H3,(H,27,36)(H2,30,31,32,35)/i3D3. The van der Waals surface area contributed by atoms with E-state index in [2.05, 4.69) is 30.8 Å². The Morgan fingerprint density at radius 2 is 1.84 bits per heavy atom. The number of carbonyl (C=O) groups excluding carboxylic acids is 3. The first kappa shape index (κ1) is 22.6. The zero-order valence-corrected chi connectivity index (χ0v) is 21.2. The molecule has 0 radical (unpaired) electrons. The predicted molar refractivity (Wildman–Crippen MR) is 141 cm³/mol. The second-order valence-corrected chi connectivity index (χ2v) is 8.49. The number of ether oxygens (including phenoxy) is 1. The van der Waals surface area contributed by atoms with E-state index >= 15 is 0 Å². The van der Waals surface area contributed by atoms with Crippen molar-refractivity contribution < 1.29 is 23.2 Å². The topological polar surface area (TPSA) is 151 Å². The molecule has 0 saturated heterocycles. The van der Waals surface area contributed by atoms with Crippen LogP contribution in [0.4, 0.5) is 17.2 Å². The Kier molecular flexibility index (Phi) is 6.91. The van der Waals surface area contributed by atoms with Gasteiger partial charge in [-0.3, -0.25) is 14.4 Å². The van der Waals surface area contributed by atoms with E-state index in [1.807, 2.05) is 19.2 Å². The lowest BCUT2D eigenvalue weighted by Crippen LogP contribution is -2.30. The van der Waals surface area contributed by atoms with Gasteiger partial charge in [0.15, 0.2) is 23.1 Å². The minimum Gasteiger partial charge on any atom is -0.494 e. The number of nitrogens with zero attached hydrogens (tertiary/aromatic N) is 5. The average molecular weight is 522 g/mol. The Morgan fingerprint density at radius 1 is 1.11 bits per heavy atom. The normalized spacial score (nSPS) is 13.9. The lowest BCUT2D eigenvalue weighted by molar-refractivity contribution is -0.117. The van der Waals surface area contributed by atoms with Crippen molar-refractivity contribution in [2.75, 3.05) is 37.8 Å². The molecule has 12 nitrogen and oxygen atoms in total. The fourth-order valence-corrected chi connectivity index (χ4v) is 3.80. The summed E-state index contributed by atoms with van der Waals surface area (Å²) < 4.78 is 27.8. The highest BCUT2D eigenvalue weighted by Crippen LogP contribution is 2.37. The molecule has 1 aliphatic rings. The molecular formula is C26H30N8O4. The van der Waals surface area contributed by atoms with Crippen LogP contribution in [-0.4, -0.2) is 70.0 Å². The highest BCUT2D eigenvalue weighted by Gasteiger charge is 2.30. The van der Waals surface area contributed by atoms with Gasteiger partial charge in [0, 0.05) is 48.6 Å². The maximum atomic E-state index is 12.8. The van der Waals surface area contributed by atoms with Crippen LogP contribution in [0.5, 0.6) is 5.75 Å². The Hall–Kier alpha value is -4.61. The molecule has 198 valence electrons. The molecule has 3 amide bonds. The van der Waals surface area contributed by atoms with Crippen LogP contribution in [0.25, 0.3) is 11.4 Å². The molecule has 2 aromatic heterocycles. The third-order valence-corrected chi connectivity index (χ3v) is 6.00. The SMILES string of the molecule is [2H]C([2H])([2H])NC(=O)c1nnc(NC(=O)C2CC2)cc1Nc1cccc(-c2ncc(C(=O)N(CC)CC)cn2)c1OC. The van der Waals surface area contributed by atoms with Gasteiger partial charge in [-0.15, -0.1) is 10.2 Å². The molecule has 0 unspecified atom stereocenters. The molecule has 12 heteroatoms. The molecule has 1 aliphatic carbocycles. The van der Waals surface area contributed by atoms with Crippen LogP contribution in [0.3, 0.4) is 0 Å². The lowest BCUT2D eigenvalue weighted by atomic mass is 10.1. The maximum absolute atomic E-state index is 12.8. The van der Waals surface area contributed by atoms with Gasteiger partial charge in [0.2, 0.25) is 5.91 Å². The summed E-state index contributed by atoms with van der Waals surface area (Å²) in [7, 11) is 1.44. The van der Waals surface area contributed by atoms with E-state index in [4.69, 9.17) is 8.85 Å². The Labute approximate surface area is 224 Å². The molecule has 38 heavy (non-hydrogen) atoms. The second kappa shape index (κ2) is 11.6. The Balaban J connectivity index is 1.68. The van der Waals surface area contributed by atoms with Crippen molar-refractivity contribution in [3.8, 4) is 17.1 Å². The van der Waals surface area contributed by atoms with Gasteiger partial charge >= 0.3 is 0 Å². The zero-order chi connectivity index (χ0) is 29.7. The number of methoxy groups -OCH3 is 1. The Bertz CT molecular complexity index is 1440. The second-order valence-electron chi connectivity index (χ2n) is 8.49. The van der Waals surface area contributed by atoms with Crippen LogP contribution in [0.2, 0.25) is 0 Å². The number of hydrogen-bond donors (Lipinski definition) is 3. The van der Waals surface area contributed by atoms with Crippen molar-refractivity contribution in [2.45, 2.75) is 26.7 Å². The molecule has 1 aromatic carbocycles.